The fourth-order valence-electron chi connectivity index (χ4n) is 0.578. The summed E-state index contributed by atoms with van der Waals surface area (Å²) >= 11 is 0. The summed E-state index contributed by atoms with van der Waals surface area (Å²) in [5.74, 6) is 0.0870. The molecule has 0 fully saturated rings. The smallest absolute Gasteiger partial charge is 0.0732 e. The molecule has 0 amide bonds. The standard InChI is InChI=1S/C9H17N3/c1-8(7-10)5-6-11-12-9(2,3)4/h8H,5-6H2,1-4H3. The van der Waals surface area contributed by atoms with Crippen LogP contribution in [-0.2, 0) is 0 Å². The van der Waals surface area contributed by atoms with E-state index in [-0.39, 0.29) is 11.5 Å². The average molecular weight is 167 g/mol. The number of hydrogen-bond donors (Lipinski definition) is 0. The lowest BCUT2D eigenvalue weighted by Crippen LogP contribution is -2.08. The molecule has 0 radical (unpaired) electrons. The molecule has 68 valence electrons. The molecule has 0 saturated heterocycles. The van der Waals surface area contributed by atoms with Crippen molar-refractivity contribution in [3.05, 3.63) is 0 Å². The quantitative estimate of drug-likeness (QED) is 0.596. The minimum Gasteiger partial charge on any atom is -0.198 e. The lowest BCUT2D eigenvalue weighted by Gasteiger charge is -2.08. The maximum Gasteiger partial charge on any atom is 0.0732 e. The third-order valence-electron chi connectivity index (χ3n) is 1.25. The maximum atomic E-state index is 8.47. The molecule has 0 spiro atoms. The topological polar surface area (TPSA) is 48.5 Å². The van der Waals surface area contributed by atoms with Crippen LogP contribution in [0.15, 0.2) is 10.2 Å². The van der Waals surface area contributed by atoms with Crippen molar-refractivity contribution in [1.82, 2.24) is 0 Å². The predicted molar refractivity (Wildman–Crippen MR) is 48.9 cm³/mol. The van der Waals surface area contributed by atoms with E-state index >= 15 is 0 Å². The van der Waals surface area contributed by atoms with Crippen LogP contribution in [-0.4, -0.2) is 12.1 Å². The highest BCUT2D eigenvalue weighted by Gasteiger charge is 2.06. The first kappa shape index (κ1) is 11.1. The van der Waals surface area contributed by atoms with E-state index in [4.69, 9.17) is 5.26 Å². The number of nitriles is 1. The molecule has 0 rings (SSSR count). The molecule has 3 heteroatoms. The highest BCUT2D eigenvalue weighted by Crippen LogP contribution is 2.07. The van der Waals surface area contributed by atoms with Gasteiger partial charge in [-0.3, -0.25) is 0 Å². The monoisotopic (exact) mass is 167 g/mol. The largest absolute Gasteiger partial charge is 0.198 e. The Balaban J connectivity index is 3.58. The summed E-state index contributed by atoms with van der Waals surface area (Å²) in [6, 6.07) is 2.16. The molecule has 3 nitrogen and oxygen atoms in total. The van der Waals surface area contributed by atoms with E-state index < -0.39 is 0 Å². The van der Waals surface area contributed by atoms with E-state index in [0.717, 1.165) is 6.42 Å². The Bertz CT molecular complexity index is 183. The number of nitrogens with zero attached hydrogens (tertiary/aromatic N) is 3. The van der Waals surface area contributed by atoms with Crippen LogP contribution in [0.5, 0.6) is 0 Å². The molecule has 0 bridgehead atoms. The van der Waals surface area contributed by atoms with Crippen LogP contribution < -0.4 is 0 Å². The average Bonchev–Trinajstić information content (AvgIpc) is 1.96. The molecule has 0 aliphatic heterocycles. The third-order valence-corrected chi connectivity index (χ3v) is 1.25. The second-order valence-corrected chi connectivity index (χ2v) is 3.95. The second-order valence-electron chi connectivity index (χ2n) is 3.95. The Morgan fingerprint density at radius 3 is 2.42 bits per heavy atom. The molecule has 0 N–H and O–H groups in total. The van der Waals surface area contributed by atoms with E-state index in [1.165, 1.54) is 0 Å². The van der Waals surface area contributed by atoms with Gasteiger partial charge in [0.25, 0.3) is 0 Å². The first-order valence-corrected chi connectivity index (χ1v) is 4.24. The first-order chi connectivity index (χ1) is 5.45. The van der Waals surface area contributed by atoms with Gasteiger partial charge in [-0.1, -0.05) is 0 Å². The molecule has 0 aliphatic carbocycles. The molecular weight excluding hydrogens is 150 g/mol. The van der Waals surface area contributed by atoms with Gasteiger partial charge in [0.2, 0.25) is 0 Å². The van der Waals surface area contributed by atoms with Gasteiger partial charge in [0.05, 0.1) is 18.2 Å². The van der Waals surface area contributed by atoms with Gasteiger partial charge in [0.15, 0.2) is 0 Å². The third kappa shape index (κ3) is 7.20. The van der Waals surface area contributed by atoms with Gasteiger partial charge < -0.3 is 0 Å². The van der Waals surface area contributed by atoms with E-state index in [1.54, 1.807) is 0 Å². The molecule has 0 heterocycles. The van der Waals surface area contributed by atoms with Crippen molar-refractivity contribution in [1.29, 1.82) is 5.26 Å². The van der Waals surface area contributed by atoms with Crippen LogP contribution in [0.4, 0.5) is 0 Å². The van der Waals surface area contributed by atoms with Crippen molar-refractivity contribution in [3.8, 4) is 6.07 Å². The van der Waals surface area contributed by atoms with Gasteiger partial charge in [-0.2, -0.15) is 15.5 Å². The van der Waals surface area contributed by atoms with Crippen LogP contribution in [0.1, 0.15) is 34.1 Å². The Kier molecular flexibility index (Phi) is 4.50. The summed E-state index contributed by atoms with van der Waals surface area (Å²) < 4.78 is 0. The summed E-state index contributed by atoms with van der Waals surface area (Å²) in [6.07, 6.45) is 0.802. The lowest BCUT2D eigenvalue weighted by molar-refractivity contribution is 0.527. The molecule has 1 atom stereocenters. The first-order valence-electron chi connectivity index (χ1n) is 4.24. The second kappa shape index (κ2) is 4.87. The molecular formula is C9H17N3. The van der Waals surface area contributed by atoms with Crippen molar-refractivity contribution in [3.63, 3.8) is 0 Å². The fraction of sp³-hybridized carbons (Fsp3) is 0.889. The van der Waals surface area contributed by atoms with Gasteiger partial charge in [0, 0.05) is 5.92 Å². The van der Waals surface area contributed by atoms with Crippen LogP contribution in [0.25, 0.3) is 0 Å². The summed E-state index contributed by atoms with van der Waals surface area (Å²) in [5.41, 5.74) is -0.0874. The summed E-state index contributed by atoms with van der Waals surface area (Å²) in [5, 5.41) is 16.6. The molecule has 0 aliphatic rings. The van der Waals surface area contributed by atoms with E-state index in [0.29, 0.717) is 6.54 Å². The van der Waals surface area contributed by atoms with Crippen molar-refractivity contribution >= 4 is 0 Å². The molecule has 0 aromatic carbocycles. The maximum absolute atomic E-state index is 8.47. The zero-order valence-electron chi connectivity index (χ0n) is 8.33. The van der Waals surface area contributed by atoms with Gasteiger partial charge in [-0.05, 0) is 34.1 Å². The molecule has 0 aromatic heterocycles. The van der Waals surface area contributed by atoms with Crippen molar-refractivity contribution < 1.29 is 0 Å². The van der Waals surface area contributed by atoms with Gasteiger partial charge in [-0.15, -0.1) is 0 Å². The number of hydrogen-bond acceptors (Lipinski definition) is 3. The Labute approximate surface area is 74.5 Å². The van der Waals surface area contributed by atoms with E-state index in [1.807, 2.05) is 27.7 Å². The molecule has 12 heavy (non-hydrogen) atoms. The highest BCUT2D eigenvalue weighted by atomic mass is 15.1. The Morgan fingerprint density at radius 2 is 2.00 bits per heavy atom. The van der Waals surface area contributed by atoms with Crippen molar-refractivity contribution in [2.24, 2.45) is 16.1 Å². The van der Waals surface area contributed by atoms with Gasteiger partial charge >= 0.3 is 0 Å². The highest BCUT2D eigenvalue weighted by molar-refractivity contribution is 4.78. The summed E-state index contributed by atoms with van der Waals surface area (Å²) in [7, 11) is 0. The zero-order chi connectivity index (χ0) is 9.61. The van der Waals surface area contributed by atoms with Crippen LogP contribution in [0.3, 0.4) is 0 Å². The Hall–Kier alpha value is -0.910. The SMILES string of the molecule is CC(C#N)CCN=NC(C)(C)C. The predicted octanol–water partition coefficient (Wildman–Crippen LogP) is 2.79. The van der Waals surface area contributed by atoms with Crippen LogP contribution in [0, 0.1) is 17.2 Å². The molecule has 0 aromatic rings. The molecule has 0 saturated carbocycles. The van der Waals surface area contributed by atoms with Crippen LogP contribution in [0.2, 0.25) is 0 Å². The number of azo groups is 1. The molecule has 1 unspecified atom stereocenters. The fourth-order valence-corrected chi connectivity index (χ4v) is 0.578. The van der Waals surface area contributed by atoms with Gasteiger partial charge in [0.1, 0.15) is 0 Å². The van der Waals surface area contributed by atoms with Crippen LogP contribution >= 0.6 is 0 Å². The summed E-state index contributed by atoms with van der Waals surface area (Å²) in [4.78, 5) is 0. The van der Waals surface area contributed by atoms with Crippen molar-refractivity contribution in [2.45, 2.75) is 39.7 Å². The minimum absolute atomic E-state index is 0.0870. The number of rotatable bonds is 3. The Morgan fingerprint density at radius 1 is 1.42 bits per heavy atom. The van der Waals surface area contributed by atoms with E-state index in [9.17, 15) is 0 Å². The lowest BCUT2D eigenvalue weighted by atomic mass is 10.1. The minimum atomic E-state index is -0.0874. The zero-order valence-corrected chi connectivity index (χ0v) is 8.33. The van der Waals surface area contributed by atoms with Crippen molar-refractivity contribution in [2.75, 3.05) is 6.54 Å². The summed E-state index contributed by atoms with van der Waals surface area (Å²) in [6.45, 7) is 8.57. The van der Waals surface area contributed by atoms with E-state index in [2.05, 4.69) is 16.3 Å². The normalized spacial score (nSPS) is 14.6. The van der Waals surface area contributed by atoms with Gasteiger partial charge in [-0.25, -0.2) is 0 Å².